The van der Waals surface area contributed by atoms with Crippen LogP contribution in [-0.2, 0) is 4.79 Å². The number of hydrogen-bond acceptors (Lipinski definition) is 7. The van der Waals surface area contributed by atoms with Crippen molar-refractivity contribution < 1.29 is 13.6 Å². The summed E-state index contributed by atoms with van der Waals surface area (Å²) in [5.74, 6) is 1.80. The molecule has 0 saturated heterocycles. The van der Waals surface area contributed by atoms with E-state index in [0.717, 1.165) is 33.3 Å². The van der Waals surface area contributed by atoms with Crippen LogP contribution in [0.5, 0.6) is 0 Å². The first-order valence-corrected chi connectivity index (χ1v) is 15.2. The maximum Gasteiger partial charge on any atom is 0.253 e. The smallest absolute Gasteiger partial charge is 0.253 e. The average molecular weight is 608 g/mol. The molecule has 0 fully saturated rings. The molecule has 8 nitrogen and oxygen atoms in total. The lowest BCUT2D eigenvalue weighted by atomic mass is 10.1. The van der Waals surface area contributed by atoms with Gasteiger partial charge in [0.2, 0.25) is 0 Å². The van der Waals surface area contributed by atoms with Crippen LogP contribution in [0.1, 0.15) is 35.1 Å². The zero-order chi connectivity index (χ0) is 29.5. The average Bonchev–Trinajstić information content (AvgIpc) is 3.82. The highest BCUT2D eigenvalue weighted by Crippen LogP contribution is 2.37. The lowest BCUT2D eigenvalue weighted by Crippen LogP contribution is -2.28. The molecular weight excluding hydrogens is 582 g/mol. The van der Waals surface area contributed by atoms with Crippen molar-refractivity contribution in [3.63, 3.8) is 0 Å². The molecule has 1 unspecified atom stereocenters. The number of nitrogens with zero attached hydrogens (tertiary/aromatic N) is 5. The van der Waals surface area contributed by atoms with Crippen molar-refractivity contribution in [2.75, 3.05) is 5.75 Å². The number of thioether (sulfide) groups is 1. The molecule has 3 aromatic heterocycles. The Kier molecular flexibility index (Phi) is 7.12. The van der Waals surface area contributed by atoms with Gasteiger partial charge in [0.05, 0.1) is 22.7 Å². The van der Waals surface area contributed by atoms with Crippen molar-refractivity contribution in [2.45, 2.75) is 31.5 Å². The normalized spacial score (nSPS) is 14.9. The second kappa shape index (κ2) is 11.2. The number of halogens is 1. The summed E-state index contributed by atoms with van der Waals surface area (Å²) < 4.78 is 13.8. The van der Waals surface area contributed by atoms with Crippen LogP contribution in [0.4, 0.5) is 0 Å². The first kappa shape index (κ1) is 27.2. The zero-order valence-electron chi connectivity index (χ0n) is 23.4. The van der Waals surface area contributed by atoms with E-state index in [2.05, 4.69) is 28.4 Å². The van der Waals surface area contributed by atoms with Gasteiger partial charge in [-0.05, 0) is 67.4 Å². The van der Waals surface area contributed by atoms with Gasteiger partial charge in [0.15, 0.2) is 16.7 Å². The van der Waals surface area contributed by atoms with E-state index in [-0.39, 0.29) is 17.7 Å². The molecule has 43 heavy (non-hydrogen) atoms. The van der Waals surface area contributed by atoms with Gasteiger partial charge in [0, 0.05) is 17.4 Å². The lowest BCUT2D eigenvalue weighted by molar-refractivity contribution is -0.130. The number of para-hydroxylation sites is 1. The van der Waals surface area contributed by atoms with Crippen molar-refractivity contribution in [3.8, 4) is 17.1 Å². The Morgan fingerprint density at radius 2 is 1.84 bits per heavy atom. The van der Waals surface area contributed by atoms with Gasteiger partial charge in [-0.15, -0.1) is 10.2 Å². The Hall–Kier alpha value is -4.60. The lowest BCUT2D eigenvalue weighted by Gasteiger charge is -2.20. The molecule has 1 atom stereocenters. The number of aromatic nitrogens is 3. The monoisotopic (exact) mass is 607 g/mol. The fourth-order valence-electron chi connectivity index (χ4n) is 5.27. The molecule has 0 bridgehead atoms. The molecule has 1 aliphatic heterocycles. The predicted octanol–water partition coefficient (Wildman–Crippen LogP) is 8.01. The first-order valence-electron chi connectivity index (χ1n) is 13.8. The van der Waals surface area contributed by atoms with E-state index in [0.29, 0.717) is 39.7 Å². The first-order chi connectivity index (χ1) is 21.0. The molecule has 214 valence electrons. The molecule has 10 heteroatoms. The van der Waals surface area contributed by atoms with Crippen LogP contribution < -0.4 is 0 Å². The number of benzene rings is 3. The summed E-state index contributed by atoms with van der Waals surface area (Å²) in [6.45, 7) is 4.08. The Morgan fingerprint density at radius 3 is 2.65 bits per heavy atom. The maximum absolute atomic E-state index is 13.8. The van der Waals surface area contributed by atoms with Gasteiger partial charge in [0.25, 0.3) is 5.91 Å². The van der Waals surface area contributed by atoms with Gasteiger partial charge in [-0.2, -0.15) is 5.10 Å². The third kappa shape index (κ3) is 5.15. The quantitative estimate of drug-likeness (QED) is 0.171. The number of aryl methyl sites for hydroxylation is 2. The van der Waals surface area contributed by atoms with E-state index in [4.69, 9.17) is 25.5 Å². The van der Waals surface area contributed by atoms with E-state index in [9.17, 15) is 4.79 Å². The standard InChI is InChI=1S/C33H26ClN5O3S/c1-20-13-14-21(2)26(16-20)38-32(23-9-4-5-10-24(23)34)35-36-33(38)43-19-31(40)39-27(29-12-7-15-41-29)18-25(37-39)30-17-22-8-3-6-11-28(22)42-30/h3-17,27H,18-19H2,1-2H3. The summed E-state index contributed by atoms with van der Waals surface area (Å²) in [5, 5.41) is 17.4. The van der Waals surface area contributed by atoms with Gasteiger partial charge < -0.3 is 8.83 Å². The van der Waals surface area contributed by atoms with E-state index in [1.54, 1.807) is 6.26 Å². The Morgan fingerprint density at radius 1 is 1.00 bits per heavy atom. The second-order valence-electron chi connectivity index (χ2n) is 10.4. The minimum absolute atomic E-state index is 0.0830. The molecular formula is C33H26ClN5O3S. The molecule has 0 radical (unpaired) electrons. The summed E-state index contributed by atoms with van der Waals surface area (Å²) in [4.78, 5) is 13.8. The van der Waals surface area contributed by atoms with Crippen molar-refractivity contribution in [1.29, 1.82) is 0 Å². The van der Waals surface area contributed by atoms with Crippen LogP contribution in [-0.4, -0.2) is 37.1 Å². The molecule has 1 aliphatic rings. The SMILES string of the molecule is Cc1ccc(C)c(-n2c(SCC(=O)N3N=C(c4cc5ccccc5o4)CC3c3ccco3)nnc2-c2ccccc2Cl)c1. The summed E-state index contributed by atoms with van der Waals surface area (Å²) in [7, 11) is 0. The zero-order valence-corrected chi connectivity index (χ0v) is 25.0. The molecule has 0 spiro atoms. The number of carbonyl (C=O) groups excluding carboxylic acids is 1. The topological polar surface area (TPSA) is 89.7 Å². The van der Waals surface area contributed by atoms with Gasteiger partial charge in [0.1, 0.15) is 23.1 Å². The molecule has 6 aromatic rings. The minimum Gasteiger partial charge on any atom is -0.467 e. The van der Waals surface area contributed by atoms with Crippen LogP contribution in [0.15, 0.2) is 110 Å². The van der Waals surface area contributed by atoms with Gasteiger partial charge in [-0.25, -0.2) is 5.01 Å². The third-order valence-electron chi connectivity index (χ3n) is 7.43. The number of amides is 1. The Balaban J connectivity index is 1.22. The van der Waals surface area contributed by atoms with Gasteiger partial charge in [-0.1, -0.05) is 65.8 Å². The van der Waals surface area contributed by atoms with Crippen LogP contribution in [0.25, 0.3) is 28.0 Å². The molecule has 0 saturated carbocycles. The van der Waals surface area contributed by atoms with Crippen LogP contribution in [0.3, 0.4) is 0 Å². The van der Waals surface area contributed by atoms with E-state index in [1.165, 1.54) is 16.8 Å². The van der Waals surface area contributed by atoms with Crippen molar-refractivity contribution in [3.05, 3.63) is 119 Å². The van der Waals surface area contributed by atoms with Gasteiger partial charge >= 0.3 is 0 Å². The molecule has 1 amide bonds. The Labute approximate surface area is 257 Å². The largest absolute Gasteiger partial charge is 0.467 e. The molecule has 0 aliphatic carbocycles. The van der Waals surface area contributed by atoms with Crippen molar-refractivity contribution >= 4 is 46.0 Å². The molecule has 0 N–H and O–H groups in total. The van der Waals surface area contributed by atoms with Crippen molar-refractivity contribution in [2.24, 2.45) is 5.10 Å². The molecule has 4 heterocycles. The minimum atomic E-state index is -0.387. The summed E-state index contributed by atoms with van der Waals surface area (Å²) in [5.41, 5.74) is 5.29. The summed E-state index contributed by atoms with van der Waals surface area (Å²) in [6.07, 6.45) is 2.08. The Bertz CT molecular complexity index is 1960. The number of fused-ring (bicyclic) bond motifs is 1. The van der Waals surface area contributed by atoms with Crippen LogP contribution >= 0.6 is 23.4 Å². The number of hydrazone groups is 1. The highest BCUT2D eigenvalue weighted by Gasteiger charge is 2.36. The van der Waals surface area contributed by atoms with E-state index < -0.39 is 0 Å². The third-order valence-corrected chi connectivity index (χ3v) is 8.67. The fourth-order valence-corrected chi connectivity index (χ4v) is 6.28. The van der Waals surface area contributed by atoms with E-state index >= 15 is 0 Å². The van der Waals surface area contributed by atoms with Crippen LogP contribution in [0.2, 0.25) is 5.02 Å². The summed E-state index contributed by atoms with van der Waals surface area (Å²) >= 11 is 7.89. The number of hydrogen-bond donors (Lipinski definition) is 0. The second-order valence-corrected chi connectivity index (χ2v) is 11.7. The van der Waals surface area contributed by atoms with E-state index in [1.807, 2.05) is 85.1 Å². The predicted molar refractivity (Wildman–Crippen MR) is 168 cm³/mol. The molecule has 3 aromatic carbocycles. The van der Waals surface area contributed by atoms with Crippen LogP contribution in [0, 0.1) is 13.8 Å². The molecule has 7 rings (SSSR count). The number of carbonyl (C=O) groups is 1. The highest BCUT2D eigenvalue weighted by atomic mass is 35.5. The highest BCUT2D eigenvalue weighted by molar-refractivity contribution is 7.99. The van der Waals surface area contributed by atoms with Crippen molar-refractivity contribution in [1.82, 2.24) is 19.8 Å². The number of rotatable bonds is 7. The number of furan rings is 2. The van der Waals surface area contributed by atoms with Gasteiger partial charge in [-0.3, -0.25) is 9.36 Å². The maximum atomic E-state index is 13.8. The fraction of sp³-hybridized carbons (Fsp3) is 0.152. The summed E-state index contributed by atoms with van der Waals surface area (Å²) in [6, 6.07) is 26.8.